The normalized spacial score (nSPS) is 27.4. The molecule has 0 bridgehead atoms. The molecule has 1 aromatic carbocycles. The number of oxime groups is 1. The maximum atomic E-state index is 6.22. The van der Waals surface area contributed by atoms with Crippen LogP contribution < -0.4 is 5.73 Å². The molecule has 2 aliphatic heterocycles. The molecule has 90 valence electrons. The van der Waals surface area contributed by atoms with Crippen LogP contribution in [-0.4, -0.2) is 36.5 Å². The second-order valence-electron chi connectivity index (χ2n) is 4.41. The highest BCUT2D eigenvalue weighted by molar-refractivity contribution is 6.30. The summed E-state index contributed by atoms with van der Waals surface area (Å²) in [4.78, 5) is 7.30. The third-order valence-electron chi connectivity index (χ3n) is 3.38. The molecule has 0 saturated carbocycles. The van der Waals surface area contributed by atoms with E-state index in [1.54, 1.807) is 0 Å². The summed E-state index contributed by atoms with van der Waals surface area (Å²) in [5, 5.41) is 4.81. The van der Waals surface area contributed by atoms with Gasteiger partial charge in [-0.05, 0) is 17.7 Å². The lowest BCUT2D eigenvalue weighted by Gasteiger charge is -2.22. The predicted octanol–water partition coefficient (Wildman–Crippen LogP) is 1.41. The van der Waals surface area contributed by atoms with Gasteiger partial charge in [-0.3, -0.25) is 0 Å². The second kappa shape index (κ2) is 4.20. The van der Waals surface area contributed by atoms with Crippen molar-refractivity contribution < 1.29 is 4.84 Å². The smallest absolute Gasteiger partial charge is 0.162 e. The number of amidine groups is 1. The summed E-state index contributed by atoms with van der Waals surface area (Å²) in [5.74, 6) is 1.14. The summed E-state index contributed by atoms with van der Waals surface area (Å²) in [5.41, 5.74) is 7.43. The van der Waals surface area contributed by atoms with Gasteiger partial charge in [0.25, 0.3) is 0 Å². The molecule has 0 spiro atoms. The standard InChI is InChI=1S/C12H14ClN3O/c13-9-3-1-8(2-4-9)10-7-16-5-6-17-15-12(16)11(10)14/h1-4,10-11H,5-7,14H2/t10-,11-/m0/s1. The molecule has 1 aromatic rings. The van der Waals surface area contributed by atoms with Crippen LogP contribution in [0.1, 0.15) is 11.5 Å². The van der Waals surface area contributed by atoms with Gasteiger partial charge >= 0.3 is 0 Å². The van der Waals surface area contributed by atoms with E-state index in [-0.39, 0.29) is 12.0 Å². The van der Waals surface area contributed by atoms with Crippen molar-refractivity contribution in [2.45, 2.75) is 12.0 Å². The minimum atomic E-state index is -0.0866. The quantitative estimate of drug-likeness (QED) is 0.821. The molecular formula is C12H14ClN3O. The van der Waals surface area contributed by atoms with Gasteiger partial charge in [-0.2, -0.15) is 0 Å². The van der Waals surface area contributed by atoms with E-state index in [4.69, 9.17) is 22.2 Å². The van der Waals surface area contributed by atoms with Crippen molar-refractivity contribution in [1.82, 2.24) is 4.90 Å². The number of benzene rings is 1. The van der Waals surface area contributed by atoms with Crippen molar-refractivity contribution in [3.8, 4) is 0 Å². The van der Waals surface area contributed by atoms with Gasteiger partial charge in [0.2, 0.25) is 0 Å². The van der Waals surface area contributed by atoms with E-state index in [0.717, 1.165) is 23.9 Å². The summed E-state index contributed by atoms with van der Waals surface area (Å²) in [6, 6.07) is 7.79. The first kappa shape index (κ1) is 10.9. The summed E-state index contributed by atoms with van der Waals surface area (Å²) >= 11 is 5.89. The first-order chi connectivity index (χ1) is 8.25. The van der Waals surface area contributed by atoms with Crippen LogP contribution in [0.25, 0.3) is 0 Å². The molecule has 1 saturated heterocycles. The average Bonchev–Trinajstić information content (AvgIpc) is 2.69. The summed E-state index contributed by atoms with van der Waals surface area (Å²) in [6.07, 6.45) is 0. The Morgan fingerprint density at radius 3 is 2.82 bits per heavy atom. The monoisotopic (exact) mass is 251 g/mol. The zero-order valence-electron chi connectivity index (χ0n) is 9.34. The Morgan fingerprint density at radius 1 is 1.35 bits per heavy atom. The van der Waals surface area contributed by atoms with Crippen molar-refractivity contribution in [2.75, 3.05) is 19.7 Å². The zero-order valence-corrected chi connectivity index (χ0v) is 10.1. The van der Waals surface area contributed by atoms with Gasteiger partial charge in [-0.1, -0.05) is 28.9 Å². The van der Waals surface area contributed by atoms with Crippen molar-refractivity contribution in [3.05, 3.63) is 34.9 Å². The highest BCUT2D eigenvalue weighted by Crippen LogP contribution is 2.29. The van der Waals surface area contributed by atoms with Gasteiger partial charge in [0.05, 0.1) is 12.6 Å². The first-order valence-electron chi connectivity index (χ1n) is 5.71. The predicted molar refractivity (Wildman–Crippen MR) is 67.1 cm³/mol. The number of fused-ring (bicyclic) bond motifs is 1. The van der Waals surface area contributed by atoms with E-state index in [9.17, 15) is 0 Å². The van der Waals surface area contributed by atoms with Gasteiger partial charge in [0.1, 0.15) is 6.61 Å². The van der Waals surface area contributed by atoms with Crippen molar-refractivity contribution in [2.24, 2.45) is 10.9 Å². The van der Waals surface area contributed by atoms with Crippen LogP contribution in [0, 0.1) is 0 Å². The van der Waals surface area contributed by atoms with Gasteiger partial charge in [0, 0.05) is 17.5 Å². The zero-order chi connectivity index (χ0) is 11.8. The van der Waals surface area contributed by atoms with Gasteiger partial charge < -0.3 is 15.5 Å². The molecule has 0 radical (unpaired) electrons. The Balaban J connectivity index is 1.88. The minimum absolute atomic E-state index is 0.0866. The summed E-state index contributed by atoms with van der Waals surface area (Å²) in [7, 11) is 0. The molecule has 17 heavy (non-hydrogen) atoms. The van der Waals surface area contributed by atoms with E-state index in [0.29, 0.717) is 6.61 Å². The van der Waals surface area contributed by atoms with Crippen molar-refractivity contribution in [3.63, 3.8) is 0 Å². The van der Waals surface area contributed by atoms with E-state index in [1.807, 2.05) is 24.3 Å². The average molecular weight is 252 g/mol. The number of nitrogens with two attached hydrogens (primary N) is 1. The number of halogens is 1. The van der Waals surface area contributed by atoms with E-state index in [1.165, 1.54) is 5.56 Å². The Morgan fingerprint density at radius 2 is 2.12 bits per heavy atom. The van der Waals surface area contributed by atoms with E-state index >= 15 is 0 Å². The third-order valence-corrected chi connectivity index (χ3v) is 3.63. The fourth-order valence-corrected chi connectivity index (χ4v) is 2.57. The highest BCUT2D eigenvalue weighted by Gasteiger charge is 2.38. The summed E-state index contributed by atoms with van der Waals surface area (Å²) in [6.45, 7) is 2.42. The first-order valence-corrected chi connectivity index (χ1v) is 6.09. The molecule has 2 aliphatic rings. The molecule has 2 atom stereocenters. The third kappa shape index (κ3) is 1.87. The molecule has 0 aliphatic carbocycles. The molecular weight excluding hydrogens is 238 g/mol. The molecule has 0 amide bonds. The number of hydrogen-bond acceptors (Lipinski definition) is 4. The Kier molecular flexibility index (Phi) is 2.68. The number of nitrogens with zero attached hydrogens (tertiary/aromatic N) is 2. The van der Waals surface area contributed by atoms with E-state index < -0.39 is 0 Å². The highest BCUT2D eigenvalue weighted by atomic mass is 35.5. The number of hydrogen-bond donors (Lipinski definition) is 1. The van der Waals surface area contributed by atoms with Crippen LogP contribution in [0.15, 0.2) is 29.4 Å². The molecule has 0 aromatic heterocycles. The van der Waals surface area contributed by atoms with Crippen LogP contribution in [0.2, 0.25) is 5.02 Å². The molecule has 5 heteroatoms. The van der Waals surface area contributed by atoms with Crippen molar-refractivity contribution >= 4 is 17.4 Å². The lowest BCUT2D eigenvalue weighted by Crippen LogP contribution is -2.39. The van der Waals surface area contributed by atoms with Crippen LogP contribution in [0.5, 0.6) is 0 Å². The van der Waals surface area contributed by atoms with Crippen LogP contribution in [0.3, 0.4) is 0 Å². The SMILES string of the molecule is N[C@@H]1C2=NOCCN2C[C@H]1c1ccc(Cl)cc1. The fourth-order valence-electron chi connectivity index (χ4n) is 2.45. The molecule has 2 heterocycles. The molecule has 4 nitrogen and oxygen atoms in total. The number of rotatable bonds is 1. The van der Waals surface area contributed by atoms with Crippen LogP contribution in [0.4, 0.5) is 0 Å². The molecule has 2 N–H and O–H groups in total. The van der Waals surface area contributed by atoms with Crippen LogP contribution in [-0.2, 0) is 4.84 Å². The van der Waals surface area contributed by atoms with Gasteiger partial charge in [0.15, 0.2) is 5.84 Å². The van der Waals surface area contributed by atoms with Crippen molar-refractivity contribution in [1.29, 1.82) is 0 Å². The second-order valence-corrected chi connectivity index (χ2v) is 4.85. The van der Waals surface area contributed by atoms with Crippen LogP contribution >= 0.6 is 11.6 Å². The topological polar surface area (TPSA) is 50.9 Å². The van der Waals surface area contributed by atoms with Gasteiger partial charge in [-0.15, -0.1) is 0 Å². The Hall–Kier alpha value is -1.26. The Bertz CT molecular complexity index is 446. The maximum absolute atomic E-state index is 6.22. The van der Waals surface area contributed by atoms with E-state index in [2.05, 4.69) is 10.1 Å². The lowest BCUT2D eigenvalue weighted by molar-refractivity contribution is 0.106. The molecule has 1 fully saturated rings. The fraction of sp³-hybridized carbons (Fsp3) is 0.417. The maximum Gasteiger partial charge on any atom is 0.162 e. The van der Waals surface area contributed by atoms with Gasteiger partial charge in [-0.25, -0.2) is 0 Å². The summed E-state index contributed by atoms with van der Waals surface area (Å²) < 4.78 is 0. The minimum Gasteiger partial charge on any atom is -0.392 e. The lowest BCUT2D eigenvalue weighted by atomic mass is 9.95. The largest absolute Gasteiger partial charge is 0.392 e. The molecule has 0 unspecified atom stereocenters. The molecule has 3 rings (SSSR count). The Labute approximate surface area is 105 Å².